The highest BCUT2D eigenvalue weighted by atomic mass is 16.5. The van der Waals surface area contributed by atoms with Crippen molar-refractivity contribution in [2.24, 2.45) is 7.05 Å². The molecule has 0 saturated carbocycles. The van der Waals surface area contributed by atoms with Crippen molar-refractivity contribution in [3.63, 3.8) is 0 Å². The first-order valence-corrected chi connectivity index (χ1v) is 16.8. The van der Waals surface area contributed by atoms with E-state index in [1.807, 2.05) is 55.6 Å². The third kappa shape index (κ3) is 9.09. The van der Waals surface area contributed by atoms with Gasteiger partial charge in [0.2, 0.25) is 5.91 Å². The topological polar surface area (TPSA) is 94.2 Å². The van der Waals surface area contributed by atoms with Crippen LogP contribution in [0, 0.1) is 17.3 Å². The van der Waals surface area contributed by atoms with E-state index in [-0.39, 0.29) is 5.91 Å². The van der Waals surface area contributed by atoms with Crippen LogP contribution in [0.5, 0.6) is 0 Å². The molecule has 2 heterocycles. The minimum absolute atomic E-state index is 0.0113. The molecular weight excluding hydrogens is 598 g/mol. The molecule has 0 saturated heterocycles. The molecule has 2 aromatic heterocycles. The van der Waals surface area contributed by atoms with Gasteiger partial charge in [-0.2, -0.15) is 0 Å². The zero-order valence-corrected chi connectivity index (χ0v) is 28.0. The Morgan fingerprint density at radius 2 is 1.62 bits per heavy atom. The standard InChI is InChI=1S/C40H45N5O3/c1-3-24-47-26-27-48-25-22-35(46)42-23-13-5-4-8-15-31-16-14-17-32(28-31)29-45-38(34-20-11-7-12-21-34)36(33-18-9-6-10-19-33)37-39(41)44(2)30-43-40(37)45/h6-7,9-12,14,16-21,28,30,41H,3-5,13,22-27,29H2,1-2H3,(H,42,46). The number of hydrogen-bond acceptors (Lipinski definition) is 5. The normalized spacial score (nSPS) is 11.0. The highest BCUT2D eigenvalue weighted by Crippen LogP contribution is 2.39. The van der Waals surface area contributed by atoms with E-state index in [2.05, 4.69) is 65.0 Å². The molecular formula is C40H45N5O3. The Balaban J connectivity index is 1.25. The van der Waals surface area contributed by atoms with Crippen molar-refractivity contribution >= 4 is 16.9 Å². The van der Waals surface area contributed by atoms with Crippen molar-refractivity contribution in [2.45, 2.75) is 45.6 Å². The molecule has 5 rings (SSSR count). The van der Waals surface area contributed by atoms with Crippen LogP contribution in [0.1, 0.15) is 50.2 Å². The number of amides is 1. The number of carbonyl (C=O) groups is 1. The summed E-state index contributed by atoms with van der Waals surface area (Å²) in [5.41, 5.74) is 7.45. The van der Waals surface area contributed by atoms with Gasteiger partial charge in [-0.1, -0.05) is 91.6 Å². The van der Waals surface area contributed by atoms with Crippen LogP contribution in [-0.4, -0.2) is 53.0 Å². The first kappa shape index (κ1) is 34.4. The fourth-order valence-corrected chi connectivity index (χ4v) is 5.66. The van der Waals surface area contributed by atoms with Gasteiger partial charge in [0, 0.05) is 50.7 Å². The Hall–Kier alpha value is -4.97. The van der Waals surface area contributed by atoms with E-state index in [4.69, 9.17) is 19.9 Å². The summed E-state index contributed by atoms with van der Waals surface area (Å²) in [5, 5.41) is 12.8. The Bertz CT molecular complexity index is 1900. The van der Waals surface area contributed by atoms with Gasteiger partial charge in [0.1, 0.15) is 11.1 Å². The third-order valence-corrected chi connectivity index (χ3v) is 8.03. The zero-order valence-electron chi connectivity index (χ0n) is 28.0. The van der Waals surface area contributed by atoms with Gasteiger partial charge in [-0.15, -0.1) is 0 Å². The molecule has 0 aliphatic rings. The molecule has 3 aromatic carbocycles. The van der Waals surface area contributed by atoms with Crippen LogP contribution in [-0.2, 0) is 27.9 Å². The molecule has 0 aliphatic heterocycles. The van der Waals surface area contributed by atoms with Crippen LogP contribution >= 0.6 is 0 Å². The Kier molecular flexibility index (Phi) is 12.8. The number of ether oxygens (including phenoxy) is 2. The maximum Gasteiger partial charge on any atom is 0.222 e. The molecule has 5 aromatic rings. The van der Waals surface area contributed by atoms with Crippen molar-refractivity contribution in [1.82, 2.24) is 19.4 Å². The fraction of sp³-hybridized carbons (Fsp3) is 0.325. The van der Waals surface area contributed by atoms with E-state index in [1.165, 1.54) is 0 Å². The number of aryl methyl sites for hydroxylation is 1. The second-order valence-corrected chi connectivity index (χ2v) is 11.7. The minimum atomic E-state index is 0.0113. The number of aromatic nitrogens is 3. The predicted octanol–water partition coefficient (Wildman–Crippen LogP) is 6.71. The molecule has 0 fully saturated rings. The SMILES string of the molecule is CCCOCCOCCC(=O)NCCCCC#Cc1cccc(Cn2c(-c3ccccc3)c(-c3ccccc3)c3c(=N)n(C)cnc32)c1. The zero-order chi connectivity index (χ0) is 33.6. The van der Waals surface area contributed by atoms with Crippen molar-refractivity contribution in [3.05, 3.63) is 108 Å². The van der Waals surface area contributed by atoms with Gasteiger partial charge in [-0.05, 0) is 48.1 Å². The summed E-state index contributed by atoms with van der Waals surface area (Å²) in [5.74, 6) is 6.65. The summed E-state index contributed by atoms with van der Waals surface area (Å²) < 4.78 is 14.8. The highest BCUT2D eigenvalue weighted by Gasteiger charge is 2.23. The van der Waals surface area contributed by atoms with E-state index < -0.39 is 0 Å². The molecule has 248 valence electrons. The van der Waals surface area contributed by atoms with E-state index in [0.717, 1.165) is 76.8 Å². The van der Waals surface area contributed by atoms with Crippen molar-refractivity contribution in [2.75, 3.05) is 33.0 Å². The number of unbranched alkanes of at least 4 members (excludes halogenated alkanes) is 2. The van der Waals surface area contributed by atoms with Crippen molar-refractivity contribution in [3.8, 4) is 34.2 Å². The van der Waals surface area contributed by atoms with Crippen molar-refractivity contribution < 1.29 is 14.3 Å². The lowest BCUT2D eigenvalue weighted by atomic mass is 9.99. The van der Waals surface area contributed by atoms with Crippen LogP contribution in [0.25, 0.3) is 33.4 Å². The van der Waals surface area contributed by atoms with Crippen LogP contribution < -0.4 is 10.8 Å². The first-order valence-electron chi connectivity index (χ1n) is 16.8. The molecule has 0 radical (unpaired) electrons. The summed E-state index contributed by atoms with van der Waals surface area (Å²) in [7, 11) is 1.87. The monoisotopic (exact) mass is 643 g/mol. The average Bonchev–Trinajstić information content (AvgIpc) is 3.44. The van der Waals surface area contributed by atoms with Crippen LogP contribution in [0.3, 0.4) is 0 Å². The lowest BCUT2D eigenvalue weighted by Crippen LogP contribution is -2.25. The second kappa shape index (κ2) is 17.8. The van der Waals surface area contributed by atoms with Gasteiger partial charge in [0.05, 0.1) is 37.2 Å². The lowest BCUT2D eigenvalue weighted by Gasteiger charge is -2.13. The average molecular weight is 644 g/mol. The third-order valence-electron chi connectivity index (χ3n) is 8.03. The molecule has 2 N–H and O–H groups in total. The summed E-state index contributed by atoms with van der Waals surface area (Å²) in [6.07, 6.45) is 5.62. The molecule has 0 aliphatic carbocycles. The summed E-state index contributed by atoms with van der Waals surface area (Å²) >= 11 is 0. The molecule has 0 atom stereocenters. The lowest BCUT2D eigenvalue weighted by molar-refractivity contribution is -0.122. The maximum absolute atomic E-state index is 12.0. The molecule has 0 bridgehead atoms. The fourth-order valence-electron chi connectivity index (χ4n) is 5.66. The van der Waals surface area contributed by atoms with Gasteiger partial charge in [-0.3, -0.25) is 10.2 Å². The number of carbonyl (C=O) groups excluding carboxylic acids is 1. The van der Waals surface area contributed by atoms with E-state index in [1.54, 1.807) is 10.9 Å². The van der Waals surface area contributed by atoms with Gasteiger partial charge in [0.25, 0.3) is 0 Å². The van der Waals surface area contributed by atoms with Crippen LogP contribution in [0.2, 0.25) is 0 Å². The van der Waals surface area contributed by atoms with E-state index in [9.17, 15) is 4.79 Å². The van der Waals surface area contributed by atoms with Crippen LogP contribution in [0.15, 0.2) is 91.3 Å². The number of rotatable bonds is 16. The quantitative estimate of drug-likeness (QED) is 0.0924. The maximum atomic E-state index is 12.0. The molecule has 0 spiro atoms. The highest BCUT2D eigenvalue weighted by molar-refractivity contribution is 6.02. The summed E-state index contributed by atoms with van der Waals surface area (Å²) in [6.45, 7) is 5.53. The molecule has 48 heavy (non-hydrogen) atoms. The number of fused-ring (bicyclic) bond motifs is 1. The Morgan fingerprint density at radius 3 is 2.38 bits per heavy atom. The number of nitrogens with zero attached hydrogens (tertiary/aromatic N) is 3. The number of hydrogen-bond donors (Lipinski definition) is 2. The van der Waals surface area contributed by atoms with E-state index in [0.29, 0.717) is 44.8 Å². The van der Waals surface area contributed by atoms with Crippen molar-refractivity contribution in [1.29, 1.82) is 5.41 Å². The van der Waals surface area contributed by atoms with E-state index >= 15 is 0 Å². The largest absolute Gasteiger partial charge is 0.379 e. The van der Waals surface area contributed by atoms with Gasteiger partial charge in [-0.25, -0.2) is 4.98 Å². The molecule has 1 amide bonds. The number of benzene rings is 3. The van der Waals surface area contributed by atoms with Gasteiger partial charge in [0.15, 0.2) is 0 Å². The molecule has 0 unspecified atom stereocenters. The van der Waals surface area contributed by atoms with Gasteiger partial charge >= 0.3 is 0 Å². The minimum Gasteiger partial charge on any atom is -0.379 e. The number of nitrogens with one attached hydrogen (secondary N) is 2. The summed E-state index contributed by atoms with van der Waals surface area (Å²) in [6, 6.07) is 29.0. The Labute approximate surface area is 283 Å². The molecule has 8 heteroatoms. The first-order chi connectivity index (χ1) is 23.6. The van der Waals surface area contributed by atoms with Crippen LogP contribution in [0.4, 0.5) is 0 Å². The second-order valence-electron chi connectivity index (χ2n) is 11.7. The Morgan fingerprint density at radius 1 is 0.896 bits per heavy atom. The molecule has 8 nitrogen and oxygen atoms in total. The summed E-state index contributed by atoms with van der Waals surface area (Å²) in [4.78, 5) is 16.9. The smallest absolute Gasteiger partial charge is 0.222 e. The van der Waals surface area contributed by atoms with Gasteiger partial charge < -0.3 is 23.9 Å². The predicted molar refractivity (Wildman–Crippen MR) is 191 cm³/mol.